The predicted molar refractivity (Wildman–Crippen MR) is 77.5 cm³/mol. The summed E-state index contributed by atoms with van der Waals surface area (Å²) in [7, 11) is 2.07. The van der Waals surface area contributed by atoms with E-state index in [4.69, 9.17) is 5.73 Å². The van der Waals surface area contributed by atoms with Crippen molar-refractivity contribution >= 4 is 21.6 Å². The number of halogens is 1. The second-order valence-corrected chi connectivity index (χ2v) is 5.78. The third-order valence-electron chi connectivity index (χ3n) is 3.77. The van der Waals surface area contributed by atoms with Crippen LogP contribution in [0.25, 0.3) is 0 Å². The number of nitrogens with two attached hydrogens (primary N) is 1. The molecule has 18 heavy (non-hydrogen) atoms. The fourth-order valence-electron chi connectivity index (χ4n) is 2.60. The molecule has 4 heteroatoms. The fraction of sp³-hybridized carbons (Fsp3) is 0.500. The van der Waals surface area contributed by atoms with E-state index in [2.05, 4.69) is 33.9 Å². The molecule has 0 aromatic heterocycles. The molecule has 1 saturated carbocycles. The number of nitriles is 1. The minimum absolute atomic E-state index is 0.354. The van der Waals surface area contributed by atoms with Crippen LogP contribution in [-0.4, -0.2) is 19.1 Å². The molecule has 0 atom stereocenters. The Hall–Kier alpha value is -1.05. The molecule has 1 aliphatic rings. The van der Waals surface area contributed by atoms with Gasteiger partial charge in [0, 0.05) is 23.6 Å². The van der Waals surface area contributed by atoms with E-state index in [0.717, 1.165) is 41.4 Å². The van der Waals surface area contributed by atoms with Gasteiger partial charge in [0.15, 0.2) is 0 Å². The first kappa shape index (κ1) is 13.4. The van der Waals surface area contributed by atoms with Gasteiger partial charge in [-0.2, -0.15) is 5.26 Å². The van der Waals surface area contributed by atoms with Gasteiger partial charge in [-0.25, -0.2) is 0 Å². The molecule has 0 aliphatic heterocycles. The van der Waals surface area contributed by atoms with Crippen LogP contribution in [0.2, 0.25) is 0 Å². The van der Waals surface area contributed by atoms with E-state index in [1.165, 1.54) is 0 Å². The van der Waals surface area contributed by atoms with Crippen LogP contribution in [0.15, 0.2) is 22.7 Å². The predicted octanol–water partition coefficient (Wildman–Crippen LogP) is 3.03. The van der Waals surface area contributed by atoms with Crippen LogP contribution in [0.3, 0.4) is 0 Å². The van der Waals surface area contributed by atoms with Gasteiger partial charge in [0.05, 0.1) is 11.3 Å². The van der Waals surface area contributed by atoms with Gasteiger partial charge in [0.2, 0.25) is 0 Å². The summed E-state index contributed by atoms with van der Waals surface area (Å²) in [6, 6.07) is 9.02. The van der Waals surface area contributed by atoms with Crippen LogP contribution in [0, 0.1) is 11.3 Å². The minimum atomic E-state index is 0.354. The maximum Gasteiger partial charge on any atom is 0.103 e. The summed E-state index contributed by atoms with van der Waals surface area (Å²) in [4.78, 5) is 2.23. The summed E-state index contributed by atoms with van der Waals surface area (Å²) in [5.41, 5.74) is 7.66. The molecule has 1 aromatic rings. The van der Waals surface area contributed by atoms with E-state index in [0.29, 0.717) is 12.1 Å². The van der Waals surface area contributed by atoms with E-state index in [-0.39, 0.29) is 0 Å². The highest BCUT2D eigenvalue weighted by Gasteiger charge is 2.23. The summed E-state index contributed by atoms with van der Waals surface area (Å²) in [5, 5.41) is 9.26. The monoisotopic (exact) mass is 307 g/mol. The summed E-state index contributed by atoms with van der Waals surface area (Å²) in [6.07, 6.45) is 4.36. The number of hydrogen-bond donors (Lipinski definition) is 1. The zero-order valence-corrected chi connectivity index (χ0v) is 12.2. The van der Waals surface area contributed by atoms with Gasteiger partial charge in [-0.1, -0.05) is 6.07 Å². The third-order valence-corrected chi connectivity index (χ3v) is 4.43. The van der Waals surface area contributed by atoms with E-state index >= 15 is 0 Å². The largest absolute Gasteiger partial charge is 0.371 e. The minimum Gasteiger partial charge on any atom is -0.371 e. The SMILES string of the molecule is CN(c1cccc(Br)c1C#N)C1CCC(N)CC1. The number of anilines is 1. The molecule has 0 unspecified atom stereocenters. The normalized spacial score (nSPS) is 23.4. The van der Waals surface area contributed by atoms with Gasteiger partial charge in [-0.15, -0.1) is 0 Å². The van der Waals surface area contributed by atoms with Crippen molar-refractivity contribution < 1.29 is 0 Å². The maximum absolute atomic E-state index is 9.26. The molecule has 0 heterocycles. The van der Waals surface area contributed by atoms with Crippen LogP contribution in [0.4, 0.5) is 5.69 Å². The standard InChI is InChI=1S/C14H18BrN3/c1-18(11-7-5-10(17)6-8-11)14-4-2-3-13(15)12(14)9-16/h2-4,10-11H,5-8,17H2,1H3. The zero-order chi connectivity index (χ0) is 13.1. The molecule has 0 bridgehead atoms. The molecule has 0 radical (unpaired) electrons. The lowest BCUT2D eigenvalue weighted by atomic mass is 9.90. The Morgan fingerprint density at radius 2 is 2.00 bits per heavy atom. The van der Waals surface area contributed by atoms with Crippen LogP contribution in [0.1, 0.15) is 31.2 Å². The first-order valence-corrected chi connectivity index (χ1v) is 7.09. The quantitative estimate of drug-likeness (QED) is 0.913. The summed E-state index contributed by atoms with van der Waals surface area (Å²) < 4.78 is 0.863. The molecular weight excluding hydrogens is 290 g/mol. The van der Waals surface area contributed by atoms with Crippen molar-refractivity contribution in [2.75, 3.05) is 11.9 Å². The average Bonchev–Trinajstić information content (AvgIpc) is 2.38. The Balaban J connectivity index is 2.21. The van der Waals surface area contributed by atoms with Crippen LogP contribution >= 0.6 is 15.9 Å². The maximum atomic E-state index is 9.26. The first-order chi connectivity index (χ1) is 8.63. The average molecular weight is 308 g/mol. The highest BCUT2D eigenvalue weighted by Crippen LogP contribution is 2.31. The molecule has 0 amide bonds. The van der Waals surface area contributed by atoms with Crippen molar-refractivity contribution in [2.45, 2.75) is 37.8 Å². The van der Waals surface area contributed by atoms with E-state index in [1.54, 1.807) is 0 Å². The van der Waals surface area contributed by atoms with Crippen molar-refractivity contribution in [1.29, 1.82) is 5.26 Å². The second-order valence-electron chi connectivity index (χ2n) is 4.93. The molecule has 1 aromatic carbocycles. The van der Waals surface area contributed by atoms with Crippen molar-refractivity contribution in [3.05, 3.63) is 28.2 Å². The van der Waals surface area contributed by atoms with Gasteiger partial charge in [-0.05, 0) is 53.7 Å². The van der Waals surface area contributed by atoms with Crippen LogP contribution < -0.4 is 10.6 Å². The highest BCUT2D eigenvalue weighted by molar-refractivity contribution is 9.10. The fourth-order valence-corrected chi connectivity index (χ4v) is 3.05. The van der Waals surface area contributed by atoms with E-state index in [1.807, 2.05) is 18.2 Å². The van der Waals surface area contributed by atoms with Crippen LogP contribution in [0.5, 0.6) is 0 Å². The van der Waals surface area contributed by atoms with Crippen LogP contribution in [-0.2, 0) is 0 Å². The lowest BCUT2D eigenvalue weighted by Crippen LogP contribution is -2.39. The summed E-state index contributed by atoms with van der Waals surface area (Å²) >= 11 is 3.44. The van der Waals surface area contributed by atoms with Crippen molar-refractivity contribution in [1.82, 2.24) is 0 Å². The molecule has 1 aliphatic carbocycles. The third kappa shape index (κ3) is 2.68. The summed E-state index contributed by atoms with van der Waals surface area (Å²) in [6.45, 7) is 0. The number of benzene rings is 1. The van der Waals surface area contributed by atoms with Crippen molar-refractivity contribution in [2.24, 2.45) is 5.73 Å². The summed E-state index contributed by atoms with van der Waals surface area (Å²) in [5.74, 6) is 0. The zero-order valence-electron chi connectivity index (χ0n) is 10.6. The highest BCUT2D eigenvalue weighted by atomic mass is 79.9. The lowest BCUT2D eigenvalue weighted by Gasteiger charge is -2.35. The molecule has 0 spiro atoms. The second kappa shape index (κ2) is 5.73. The molecule has 0 saturated heterocycles. The number of hydrogen-bond acceptors (Lipinski definition) is 3. The first-order valence-electron chi connectivity index (χ1n) is 6.30. The topological polar surface area (TPSA) is 53.0 Å². The Morgan fingerprint density at radius 3 is 2.61 bits per heavy atom. The Kier molecular flexibility index (Phi) is 4.26. The van der Waals surface area contributed by atoms with Crippen molar-refractivity contribution in [3.8, 4) is 6.07 Å². The number of nitrogens with zero attached hydrogens (tertiary/aromatic N) is 2. The van der Waals surface area contributed by atoms with Gasteiger partial charge >= 0.3 is 0 Å². The molecular formula is C14H18BrN3. The Bertz CT molecular complexity index is 459. The smallest absolute Gasteiger partial charge is 0.103 e. The van der Waals surface area contributed by atoms with Gasteiger partial charge < -0.3 is 10.6 Å². The van der Waals surface area contributed by atoms with E-state index < -0.39 is 0 Å². The number of rotatable bonds is 2. The molecule has 2 rings (SSSR count). The molecule has 96 valence electrons. The van der Waals surface area contributed by atoms with Gasteiger partial charge in [-0.3, -0.25) is 0 Å². The van der Waals surface area contributed by atoms with Gasteiger partial charge in [0.1, 0.15) is 6.07 Å². The van der Waals surface area contributed by atoms with E-state index in [9.17, 15) is 5.26 Å². The molecule has 3 nitrogen and oxygen atoms in total. The van der Waals surface area contributed by atoms with Gasteiger partial charge in [0.25, 0.3) is 0 Å². The Morgan fingerprint density at radius 1 is 1.33 bits per heavy atom. The molecule has 1 fully saturated rings. The lowest BCUT2D eigenvalue weighted by molar-refractivity contribution is 0.385. The van der Waals surface area contributed by atoms with Crippen molar-refractivity contribution in [3.63, 3.8) is 0 Å². The molecule has 2 N–H and O–H groups in total. The Labute approximate surface area is 117 Å².